The number of imide groups is 1. The summed E-state index contributed by atoms with van der Waals surface area (Å²) in [6.07, 6.45) is 3.32. The van der Waals surface area contributed by atoms with E-state index < -0.39 is 0 Å². The van der Waals surface area contributed by atoms with Gasteiger partial charge in [0.2, 0.25) is 0 Å². The Morgan fingerprint density at radius 2 is 1.97 bits per heavy atom. The van der Waals surface area contributed by atoms with E-state index >= 15 is 0 Å². The molecule has 6 nitrogen and oxygen atoms in total. The maximum atomic E-state index is 12.7. The minimum absolute atomic E-state index is 0.127. The second kappa shape index (κ2) is 10.9. The quantitative estimate of drug-likeness (QED) is 0.221. The van der Waals surface area contributed by atoms with E-state index in [1.807, 2.05) is 6.07 Å². The molecule has 0 aromatic heterocycles. The predicted molar refractivity (Wildman–Crippen MR) is 131 cm³/mol. The Kier molecular flexibility index (Phi) is 8.28. The summed E-state index contributed by atoms with van der Waals surface area (Å²) in [4.78, 5) is 26.6. The van der Waals surface area contributed by atoms with Crippen molar-refractivity contribution in [3.05, 3.63) is 68.1 Å². The summed E-state index contributed by atoms with van der Waals surface area (Å²) >= 11 is 9.09. The first-order valence-electron chi connectivity index (χ1n) is 9.18. The van der Waals surface area contributed by atoms with Gasteiger partial charge in [0.25, 0.3) is 11.1 Å². The van der Waals surface area contributed by atoms with Crippen LogP contribution in [0.2, 0.25) is 5.02 Å². The molecule has 0 unspecified atom stereocenters. The first-order valence-corrected chi connectivity index (χ1v) is 11.5. The summed E-state index contributed by atoms with van der Waals surface area (Å²) in [5, 5.41) is 0.132. The molecule has 0 atom stereocenters. The third kappa shape index (κ3) is 5.75. The molecule has 1 aliphatic rings. The van der Waals surface area contributed by atoms with Crippen molar-refractivity contribution in [2.24, 2.45) is 0 Å². The van der Waals surface area contributed by atoms with Crippen molar-refractivity contribution in [3.8, 4) is 17.2 Å². The highest BCUT2D eigenvalue weighted by molar-refractivity contribution is 14.1. The van der Waals surface area contributed by atoms with E-state index in [1.54, 1.807) is 49.6 Å². The normalized spacial score (nSPS) is 14.8. The fourth-order valence-electron chi connectivity index (χ4n) is 2.76. The number of thioether (sulfide) groups is 1. The Morgan fingerprint density at radius 1 is 1.19 bits per heavy atom. The standard InChI is InChI=1S/C22H19ClINO5S/c1-3-9-30-20-16(24)11-14(12-18(20)28-2)13-19-21(26)25(22(27)31-19)8-10-29-17-7-5-4-6-15(17)23/h3-7,11-13H,1,8-10H2,2H3/b19-13-. The molecule has 1 aliphatic heterocycles. The van der Waals surface area contributed by atoms with Gasteiger partial charge in [-0.3, -0.25) is 14.5 Å². The molecule has 162 valence electrons. The van der Waals surface area contributed by atoms with E-state index in [0.29, 0.717) is 33.8 Å². The molecule has 2 amide bonds. The third-order valence-electron chi connectivity index (χ3n) is 4.18. The number of rotatable bonds is 9. The van der Waals surface area contributed by atoms with Crippen molar-refractivity contribution in [1.29, 1.82) is 0 Å². The molecular formula is C22H19ClINO5S. The van der Waals surface area contributed by atoms with Gasteiger partial charge < -0.3 is 14.2 Å². The highest BCUT2D eigenvalue weighted by Gasteiger charge is 2.35. The summed E-state index contributed by atoms with van der Waals surface area (Å²) in [5.74, 6) is 1.28. The van der Waals surface area contributed by atoms with E-state index in [0.717, 1.165) is 25.8 Å². The zero-order chi connectivity index (χ0) is 22.4. The summed E-state index contributed by atoms with van der Waals surface area (Å²) in [5.41, 5.74) is 0.727. The molecule has 0 aliphatic carbocycles. The zero-order valence-electron chi connectivity index (χ0n) is 16.6. The van der Waals surface area contributed by atoms with Gasteiger partial charge in [-0.05, 0) is 70.3 Å². The van der Waals surface area contributed by atoms with Gasteiger partial charge in [-0.2, -0.15) is 0 Å². The van der Waals surface area contributed by atoms with Crippen LogP contribution in [-0.4, -0.2) is 42.9 Å². The fraction of sp³-hybridized carbons (Fsp3) is 0.182. The number of para-hydroxylation sites is 1. The summed E-state index contributed by atoms with van der Waals surface area (Å²) in [6.45, 7) is 4.27. The van der Waals surface area contributed by atoms with Crippen molar-refractivity contribution in [3.63, 3.8) is 0 Å². The number of hydrogen-bond donors (Lipinski definition) is 0. The lowest BCUT2D eigenvalue weighted by atomic mass is 10.2. The lowest BCUT2D eigenvalue weighted by Gasteiger charge is -2.14. The number of benzene rings is 2. The first kappa shape index (κ1) is 23.5. The molecule has 2 aromatic carbocycles. The van der Waals surface area contributed by atoms with Crippen LogP contribution in [0.5, 0.6) is 17.2 Å². The molecule has 0 spiro atoms. The average molecular weight is 572 g/mol. The van der Waals surface area contributed by atoms with E-state index in [4.69, 9.17) is 25.8 Å². The Balaban J connectivity index is 1.71. The highest BCUT2D eigenvalue weighted by atomic mass is 127. The van der Waals surface area contributed by atoms with Gasteiger partial charge in [0, 0.05) is 0 Å². The van der Waals surface area contributed by atoms with Gasteiger partial charge in [-0.15, -0.1) is 0 Å². The Labute approximate surface area is 203 Å². The second-order valence-corrected chi connectivity index (χ2v) is 8.81. The Morgan fingerprint density at radius 3 is 2.68 bits per heavy atom. The van der Waals surface area contributed by atoms with Crippen LogP contribution in [0.15, 0.2) is 54.0 Å². The van der Waals surface area contributed by atoms with Crippen molar-refractivity contribution in [2.45, 2.75) is 0 Å². The number of halogens is 2. The molecule has 0 radical (unpaired) electrons. The summed E-state index contributed by atoms with van der Waals surface area (Å²) in [6, 6.07) is 10.7. The van der Waals surface area contributed by atoms with Crippen molar-refractivity contribution >= 4 is 63.2 Å². The average Bonchev–Trinajstić information content (AvgIpc) is 3.01. The lowest BCUT2D eigenvalue weighted by molar-refractivity contribution is -0.123. The van der Waals surface area contributed by atoms with Gasteiger partial charge in [-0.25, -0.2) is 0 Å². The van der Waals surface area contributed by atoms with Crippen LogP contribution < -0.4 is 14.2 Å². The molecular weight excluding hydrogens is 553 g/mol. The summed E-state index contributed by atoms with van der Waals surface area (Å²) in [7, 11) is 1.54. The number of amides is 2. The van der Waals surface area contributed by atoms with Gasteiger partial charge in [0.05, 0.1) is 27.2 Å². The molecule has 31 heavy (non-hydrogen) atoms. The highest BCUT2D eigenvalue weighted by Crippen LogP contribution is 2.37. The topological polar surface area (TPSA) is 65.1 Å². The van der Waals surface area contributed by atoms with Crippen LogP contribution in [0.4, 0.5) is 4.79 Å². The van der Waals surface area contributed by atoms with Gasteiger partial charge in [-0.1, -0.05) is 36.4 Å². The zero-order valence-corrected chi connectivity index (χ0v) is 20.3. The van der Waals surface area contributed by atoms with Crippen molar-refractivity contribution < 1.29 is 23.8 Å². The largest absolute Gasteiger partial charge is 0.493 e. The van der Waals surface area contributed by atoms with Crippen LogP contribution in [0.25, 0.3) is 6.08 Å². The van der Waals surface area contributed by atoms with Gasteiger partial charge >= 0.3 is 0 Å². The molecule has 1 heterocycles. The monoisotopic (exact) mass is 571 g/mol. The van der Waals surface area contributed by atoms with Gasteiger partial charge in [0.1, 0.15) is 19.0 Å². The number of carbonyl (C=O) groups is 2. The summed E-state index contributed by atoms with van der Waals surface area (Å²) < 4.78 is 17.5. The number of methoxy groups -OCH3 is 1. The maximum Gasteiger partial charge on any atom is 0.293 e. The molecule has 2 aromatic rings. The lowest BCUT2D eigenvalue weighted by Crippen LogP contribution is -2.32. The molecule has 0 N–H and O–H groups in total. The molecule has 9 heteroatoms. The minimum atomic E-state index is -0.362. The molecule has 1 fully saturated rings. The van der Waals surface area contributed by atoms with Crippen LogP contribution in [-0.2, 0) is 4.79 Å². The molecule has 0 saturated carbocycles. The second-order valence-electron chi connectivity index (χ2n) is 6.25. The number of ether oxygens (including phenoxy) is 3. The minimum Gasteiger partial charge on any atom is -0.493 e. The van der Waals surface area contributed by atoms with Crippen LogP contribution in [0, 0.1) is 3.57 Å². The van der Waals surface area contributed by atoms with E-state index in [1.165, 1.54) is 0 Å². The van der Waals surface area contributed by atoms with E-state index in [9.17, 15) is 9.59 Å². The number of nitrogens with zero attached hydrogens (tertiary/aromatic N) is 1. The SMILES string of the molecule is C=CCOc1c(I)cc(/C=C2\SC(=O)N(CCOc3ccccc3Cl)C2=O)cc1OC. The smallest absolute Gasteiger partial charge is 0.293 e. The van der Waals surface area contributed by atoms with Crippen molar-refractivity contribution in [1.82, 2.24) is 4.90 Å². The van der Waals surface area contributed by atoms with Crippen LogP contribution in [0.3, 0.4) is 0 Å². The number of carbonyl (C=O) groups excluding carboxylic acids is 2. The van der Waals surface area contributed by atoms with E-state index in [-0.39, 0.29) is 24.3 Å². The molecule has 3 rings (SSSR count). The number of hydrogen-bond acceptors (Lipinski definition) is 6. The maximum absolute atomic E-state index is 12.7. The Bertz CT molecular complexity index is 1040. The Hall–Kier alpha value is -2.17. The van der Waals surface area contributed by atoms with Gasteiger partial charge in [0.15, 0.2) is 11.5 Å². The van der Waals surface area contributed by atoms with Crippen LogP contribution in [0.1, 0.15) is 5.56 Å². The third-order valence-corrected chi connectivity index (χ3v) is 6.20. The van der Waals surface area contributed by atoms with Crippen LogP contribution >= 0.6 is 46.0 Å². The predicted octanol–water partition coefficient (Wildman–Crippen LogP) is 5.63. The molecule has 0 bridgehead atoms. The van der Waals surface area contributed by atoms with Crippen molar-refractivity contribution in [2.75, 3.05) is 26.9 Å². The molecule has 1 saturated heterocycles. The van der Waals surface area contributed by atoms with E-state index in [2.05, 4.69) is 29.2 Å². The first-order chi connectivity index (χ1) is 14.9. The fourth-order valence-corrected chi connectivity index (χ4v) is 4.59.